The van der Waals surface area contributed by atoms with Crippen molar-refractivity contribution in [3.05, 3.63) is 0 Å². The second kappa shape index (κ2) is 8.08. The minimum atomic E-state index is -0.802. The molecule has 0 radical (unpaired) electrons. The summed E-state index contributed by atoms with van der Waals surface area (Å²) in [4.78, 5) is 21.7. The van der Waals surface area contributed by atoms with Crippen LogP contribution in [0.15, 0.2) is 0 Å². The van der Waals surface area contributed by atoms with E-state index >= 15 is 0 Å². The van der Waals surface area contributed by atoms with E-state index in [1.807, 2.05) is 0 Å². The molecule has 0 fully saturated rings. The van der Waals surface area contributed by atoms with Crippen molar-refractivity contribution in [2.45, 2.75) is 71.0 Å². The molecule has 1 atom stereocenters. The molecule has 0 aliphatic rings. The van der Waals surface area contributed by atoms with Gasteiger partial charge in [0, 0.05) is 6.42 Å². The maximum Gasteiger partial charge on any atom is 0.308 e. The highest BCUT2D eigenvalue weighted by Gasteiger charge is 2.18. The Morgan fingerprint density at radius 1 is 1.17 bits per heavy atom. The van der Waals surface area contributed by atoms with E-state index in [-0.39, 0.29) is 12.8 Å². The Hall–Kier alpha value is -1.10. The van der Waals surface area contributed by atoms with Crippen LogP contribution in [0.25, 0.3) is 0 Å². The molecule has 0 saturated carbocycles. The first-order chi connectivity index (χ1) is 8.20. The van der Waals surface area contributed by atoms with Gasteiger partial charge in [0.05, 0.1) is 12.5 Å². The first-order valence-corrected chi connectivity index (χ1v) is 6.32. The van der Waals surface area contributed by atoms with Gasteiger partial charge in [-0.3, -0.25) is 9.59 Å². The molecular weight excluding hydrogens is 236 g/mol. The van der Waals surface area contributed by atoms with Crippen LogP contribution in [0.4, 0.5) is 0 Å². The molecule has 0 bridgehead atoms. The third kappa shape index (κ3) is 11.4. The summed E-state index contributed by atoms with van der Waals surface area (Å²) in [5.74, 6) is -1.20. The van der Waals surface area contributed by atoms with Crippen LogP contribution >= 0.6 is 0 Å². The summed E-state index contributed by atoms with van der Waals surface area (Å²) >= 11 is 0. The monoisotopic (exact) mass is 260 g/mol. The number of carboxylic acid groups (broad SMARTS) is 1. The maximum absolute atomic E-state index is 11.4. The summed E-state index contributed by atoms with van der Waals surface area (Å²) in [5, 5.41) is 18.0. The Morgan fingerprint density at radius 2 is 1.78 bits per heavy atom. The number of aliphatic carboxylic acids is 1. The predicted molar refractivity (Wildman–Crippen MR) is 67.2 cm³/mol. The lowest BCUT2D eigenvalue weighted by molar-refractivity contribution is -0.157. The van der Waals surface area contributed by atoms with Crippen molar-refractivity contribution in [3.63, 3.8) is 0 Å². The molecule has 18 heavy (non-hydrogen) atoms. The minimum absolute atomic E-state index is 0.00377. The van der Waals surface area contributed by atoms with Crippen molar-refractivity contribution >= 4 is 11.9 Å². The van der Waals surface area contributed by atoms with E-state index in [1.54, 1.807) is 20.8 Å². The Bertz CT molecular complexity index is 267. The van der Waals surface area contributed by atoms with Crippen LogP contribution in [0.5, 0.6) is 0 Å². The highest BCUT2D eigenvalue weighted by Crippen LogP contribution is 2.12. The van der Waals surface area contributed by atoms with E-state index in [1.165, 1.54) is 0 Å². The third-order valence-corrected chi connectivity index (χ3v) is 2.25. The number of esters is 1. The number of aliphatic hydroxyl groups excluding tert-OH is 1. The molecule has 0 aromatic rings. The minimum Gasteiger partial charge on any atom is -0.481 e. The molecule has 5 heteroatoms. The molecule has 0 heterocycles. The first kappa shape index (κ1) is 16.9. The standard InChI is InChI=1S/C13H24O5/c1-13(2,3)18-12(17)9-10(14)7-5-4-6-8-11(15)16/h10,14H,4-9H2,1-3H3,(H,15,16). The van der Waals surface area contributed by atoms with E-state index in [0.29, 0.717) is 12.8 Å². The Kier molecular flexibility index (Phi) is 7.59. The van der Waals surface area contributed by atoms with Gasteiger partial charge in [0.25, 0.3) is 0 Å². The van der Waals surface area contributed by atoms with Crippen LogP contribution in [0, 0.1) is 0 Å². The quantitative estimate of drug-likeness (QED) is 0.516. The van der Waals surface area contributed by atoms with E-state index in [4.69, 9.17) is 9.84 Å². The second-order valence-electron chi connectivity index (χ2n) is 5.44. The summed E-state index contributed by atoms with van der Waals surface area (Å²) in [6.45, 7) is 5.34. The molecule has 106 valence electrons. The molecule has 0 saturated heterocycles. The molecule has 0 amide bonds. The summed E-state index contributed by atoms with van der Waals surface area (Å²) < 4.78 is 5.09. The predicted octanol–water partition coefficient (Wildman–Crippen LogP) is 2.11. The Morgan fingerprint density at radius 3 is 2.28 bits per heavy atom. The normalized spacial score (nSPS) is 13.1. The zero-order valence-corrected chi connectivity index (χ0v) is 11.4. The van der Waals surface area contributed by atoms with Crippen LogP contribution in [0.1, 0.15) is 59.3 Å². The summed E-state index contributed by atoms with van der Waals surface area (Å²) in [6.07, 6.45) is 2.02. The number of ether oxygens (including phenoxy) is 1. The number of hydrogen-bond acceptors (Lipinski definition) is 4. The maximum atomic E-state index is 11.4. The van der Waals surface area contributed by atoms with Gasteiger partial charge in [0.2, 0.25) is 0 Å². The Labute approximate surface area is 108 Å². The molecule has 0 spiro atoms. The Balaban J connectivity index is 3.62. The van der Waals surface area contributed by atoms with E-state index in [2.05, 4.69) is 0 Å². The molecule has 5 nitrogen and oxygen atoms in total. The second-order valence-corrected chi connectivity index (χ2v) is 5.44. The number of carboxylic acids is 1. The van der Waals surface area contributed by atoms with E-state index in [0.717, 1.165) is 12.8 Å². The molecule has 0 rings (SSSR count). The van der Waals surface area contributed by atoms with Crippen molar-refractivity contribution in [3.8, 4) is 0 Å². The van der Waals surface area contributed by atoms with Crippen molar-refractivity contribution in [2.75, 3.05) is 0 Å². The zero-order chi connectivity index (χ0) is 14.2. The van der Waals surface area contributed by atoms with Gasteiger partial charge in [-0.2, -0.15) is 0 Å². The summed E-state index contributed by atoms with van der Waals surface area (Å²) in [7, 11) is 0. The van der Waals surface area contributed by atoms with Crippen LogP contribution in [0.2, 0.25) is 0 Å². The van der Waals surface area contributed by atoms with Gasteiger partial charge in [-0.15, -0.1) is 0 Å². The number of carbonyl (C=O) groups excluding carboxylic acids is 1. The number of unbranched alkanes of at least 4 members (excludes halogenated alkanes) is 2. The van der Waals surface area contributed by atoms with Crippen molar-refractivity contribution in [2.24, 2.45) is 0 Å². The van der Waals surface area contributed by atoms with Crippen molar-refractivity contribution < 1.29 is 24.5 Å². The molecule has 2 N–H and O–H groups in total. The van der Waals surface area contributed by atoms with Crippen molar-refractivity contribution in [1.82, 2.24) is 0 Å². The fourth-order valence-corrected chi connectivity index (χ4v) is 1.51. The SMILES string of the molecule is CC(C)(C)OC(=O)CC(O)CCCCCC(=O)O. The van der Waals surface area contributed by atoms with E-state index in [9.17, 15) is 14.7 Å². The number of carbonyl (C=O) groups is 2. The van der Waals surface area contributed by atoms with Gasteiger partial charge in [-0.05, 0) is 33.6 Å². The summed E-state index contributed by atoms with van der Waals surface area (Å²) in [5.41, 5.74) is -0.529. The number of hydrogen-bond donors (Lipinski definition) is 2. The van der Waals surface area contributed by atoms with Gasteiger partial charge in [0.15, 0.2) is 0 Å². The molecular formula is C13H24O5. The van der Waals surface area contributed by atoms with Crippen LogP contribution < -0.4 is 0 Å². The lowest BCUT2D eigenvalue weighted by Gasteiger charge is -2.20. The van der Waals surface area contributed by atoms with Crippen LogP contribution in [-0.4, -0.2) is 33.9 Å². The molecule has 0 aromatic heterocycles. The summed E-state index contributed by atoms with van der Waals surface area (Å²) in [6, 6.07) is 0. The zero-order valence-electron chi connectivity index (χ0n) is 11.4. The third-order valence-electron chi connectivity index (χ3n) is 2.25. The fraction of sp³-hybridized carbons (Fsp3) is 0.846. The molecule has 1 unspecified atom stereocenters. The highest BCUT2D eigenvalue weighted by molar-refractivity contribution is 5.70. The van der Waals surface area contributed by atoms with Crippen molar-refractivity contribution in [1.29, 1.82) is 0 Å². The van der Waals surface area contributed by atoms with Crippen LogP contribution in [-0.2, 0) is 14.3 Å². The van der Waals surface area contributed by atoms with Crippen LogP contribution in [0.3, 0.4) is 0 Å². The highest BCUT2D eigenvalue weighted by atomic mass is 16.6. The average molecular weight is 260 g/mol. The number of aliphatic hydroxyl groups is 1. The molecule has 0 aliphatic heterocycles. The fourth-order valence-electron chi connectivity index (χ4n) is 1.51. The van der Waals surface area contributed by atoms with Gasteiger partial charge in [-0.1, -0.05) is 12.8 Å². The smallest absolute Gasteiger partial charge is 0.308 e. The molecule has 0 aliphatic carbocycles. The largest absolute Gasteiger partial charge is 0.481 e. The molecule has 0 aromatic carbocycles. The van der Waals surface area contributed by atoms with Gasteiger partial charge < -0.3 is 14.9 Å². The lowest BCUT2D eigenvalue weighted by atomic mass is 10.1. The first-order valence-electron chi connectivity index (χ1n) is 6.32. The van der Waals surface area contributed by atoms with Gasteiger partial charge in [0.1, 0.15) is 5.60 Å². The topological polar surface area (TPSA) is 83.8 Å². The van der Waals surface area contributed by atoms with E-state index < -0.39 is 23.6 Å². The van der Waals surface area contributed by atoms with Gasteiger partial charge >= 0.3 is 11.9 Å². The average Bonchev–Trinajstić information content (AvgIpc) is 2.12. The number of rotatable bonds is 8. The van der Waals surface area contributed by atoms with Gasteiger partial charge in [-0.25, -0.2) is 0 Å². The lowest BCUT2D eigenvalue weighted by Crippen LogP contribution is -2.26.